The van der Waals surface area contributed by atoms with E-state index in [0.29, 0.717) is 24.5 Å². The van der Waals surface area contributed by atoms with Gasteiger partial charge in [-0.3, -0.25) is 4.79 Å². The van der Waals surface area contributed by atoms with Gasteiger partial charge in [0.15, 0.2) is 0 Å². The first-order valence-electron chi connectivity index (χ1n) is 8.02. The number of imidazole rings is 1. The van der Waals surface area contributed by atoms with Crippen molar-refractivity contribution in [2.45, 2.75) is 50.8 Å². The van der Waals surface area contributed by atoms with Gasteiger partial charge >= 0.3 is 0 Å². The van der Waals surface area contributed by atoms with Crippen LogP contribution < -0.4 is 5.73 Å². The molecule has 0 atom stereocenters. The zero-order chi connectivity index (χ0) is 17.2. The smallest absolute Gasteiger partial charge is 0.268 e. The predicted molar refractivity (Wildman–Crippen MR) is 88.5 cm³/mol. The van der Waals surface area contributed by atoms with Gasteiger partial charge in [-0.25, -0.2) is 17.7 Å². The lowest BCUT2D eigenvalue weighted by atomic mass is 9.89. The minimum Gasteiger partial charge on any atom is -0.364 e. The standard InChI is InChI=1S/C15H26N4O3S/c1-4-14-17-13(15(16)20)10-19(14)9-11-5-7-12(8-6-11)23(21,22)18(2)3/h10-12H,4-9H2,1-3H3,(H2,16,20). The highest BCUT2D eigenvalue weighted by molar-refractivity contribution is 7.89. The summed E-state index contributed by atoms with van der Waals surface area (Å²) in [7, 11) is 0.0150. The van der Waals surface area contributed by atoms with E-state index in [1.54, 1.807) is 20.3 Å². The molecule has 0 unspecified atom stereocenters. The summed E-state index contributed by atoms with van der Waals surface area (Å²) in [4.78, 5) is 15.5. The number of hydrogen-bond donors (Lipinski definition) is 1. The lowest BCUT2D eigenvalue weighted by Crippen LogP contribution is -2.36. The molecular formula is C15H26N4O3S. The lowest BCUT2D eigenvalue weighted by Gasteiger charge is -2.30. The summed E-state index contributed by atoms with van der Waals surface area (Å²) >= 11 is 0. The third kappa shape index (κ3) is 3.92. The van der Waals surface area contributed by atoms with Crippen LogP contribution in [0.25, 0.3) is 0 Å². The molecule has 0 radical (unpaired) electrons. The molecule has 0 bridgehead atoms. The Labute approximate surface area is 137 Å². The second kappa shape index (κ2) is 7.00. The molecule has 7 nitrogen and oxygen atoms in total. The van der Waals surface area contributed by atoms with Gasteiger partial charge in [0.2, 0.25) is 10.0 Å². The maximum atomic E-state index is 12.2. The summed E-state index contributed by atoms with van der Waals surface area (Å²) in [5.74, 6) is 0.741. The molecule has 0 saturated heterocycles. The van der Waals surface area contributed by atoms with Crippen LogP contribution in [0.15, 0.2) is 6.20 Å². The maximum Gasteiger partial charge on any atom is 0.268 e. The monoisotopic (exact) mass is 342 g/mol. The first-order valence-corrected chi connectivity index (χ1v) is 9.53. The molecule has 23 heavy (non-hydrogen) atoms. The molecule has 1 fully saturated rings. The molecule has 1 heterocycles. The first-order chi connectivity index (χ1) is 10.8. The molecule has 0 aromatic carbocycles. The van der Waals surface area contributed by atoms with Gasteiger partial charge < -0.3 is 10.3 Å². The summed E-state index contributed by atoms with van der Waals surface area (Å²) in [6.45, 7) is 2.75. The van der Waals surface area contributed by atoms with Gasteiger partial charge in [0.05, 0.1) is 5.25 Å². The highest BCUT2D eigenvalue weighted by Gasteiger charge is 2.32. The molecule has 0 spiro atoms. The van der Waals surface area contributed by atoms with Gasteiger partial charge in [0, 0.05) is 33.3 Å². The Kier molecular flexibility index (Phi) is 5.46. The molecule has 8 heteroatoms. The summed E-state index contributed by atoms with van der Waals surface area (Å²) in [6, 6.07) is 0. The number of carbonyl (C=O) groups is 1. The van der Waals surface area contributed by atoms with E-state index in [2.05, 4.69) is 4.98 Å². The van der Waals surface area contributed by atoms with Crippen LogP contribution in [0.4, 0.5) is 0 Å². The quantitative estimate of drug-likeness (QED) is 0.833. The van der Waals surface area contributed by atoms with Gasteiger partial charge in [0.25, 0.3) is 5.91 Å². The van der Waals surface area contributed by atoms with Crippen LogP contribution in [0.3, 0.4) is 0 Å². The van der Waals surface area contributed by atoms with E-state index >= 15 is 0 Å². The largest absolute Gasteiger partial charge is 0.364 e. The van der Waals surface area contributed by atoms with Crippen LogP contribution in [-0.4, -0.2) is 47.5 Å². The summed E-state index contributed by atoms with van der Waals surface area (Å²) in [5.41, 5.74) is 5.59. The van der Waals surface area contributed by atoms with Crippen LogP contribution in [0.1, 0.15) is 48.9 Å². The number of aryl methyl sites for hydroxylation is 1. The van der Waals surface area contributed by atoms with E-state index in [0.717, 1.165) is 31.6 Å². The highest BCUT2D eigenvalue weighted by atomic mass is 32.2. The maximum absolute atomic E-state index is 12.2. The molecule has 130 valence electrons. The molecule has 2 rings (SSSR count). The second-order valence-electron chi connectivity index (χ2n) is 6.38. The first kappa shape index (κ1) is 17.9. The number of hydrogen-bond acceptors (Lipinski definition) is 4. The number of amides is 1. The van der Waals surface area contributed by atoms with Crippen LogP contribution in [0, 0.1) is 5.92 Å². The van der Waals surface area contributed by atoms with Crippen LogP contribution in [-0.2, 0) is 23.0 Å². The van der Waals surface area contributed by atoms with Gasteiger partial charge in [-0.1, -0.05) is 6.92 Å². The van der Waals surface area contributed by atoms with Crippen LogP contribution >= 0.6 is 0 Å². The SMILES string of the molecule is CCc1nc(C(N)=O)cn1CC1CCC(S(=O)(=O)N(C)C)CC1. The van der Waals surface area contributed by atoms with Crippen molar-refractivity contribution >= 4 is 15.9 Å². The van der Waals surface area contributed by atoms with Gasteiger partial charge in [0.1, 0.15) is 11.5 Å². The molecule has 1 amide bonds. The number of rotatable bonds is 6. The fraction of sp³-hybridized carbons (Fsp3) is 0.733. The highest BCUT2D eigenvalue weighted by Crippen LogP contribution is 2.30. The molecule has 0 aliphatic heterocycles. The summed E-state index contributed by atoms with van der Waals surface area (Å²) < 4.78 is 27.7. The van der Waals surface area contributed by atoms with Crippen LogP contribution in [0.5, 0.6) is 0 Å². The van der Waals surface area contributed by atoms with Gasteiger partial charge in [-0.05, 0) is 31.6 Å². The Morgan fingerprint density at radius 3 is 2.43 bits per heavy atom. The minimum atomic E-state index is -3.16. The molecule has 1 aliphatic rings. The number of primary amides is 1. The molecule has 1 saturated carbocycles. The number of carbonyl (C=O) groups excluding carboxylic acids is 1. The van der Waals surface area contributed by atoms with E-state index < -0.39 is 15.9 Å². The number of aromatic nitrogens is 2. The topological polar surface area (TPSA) is 98.3 Å². The Morgan fingerprint density at radius 2 is 1.96 bits per heavy atom. The average Bonchev–Trinajstić information content (AvgIpc) is 2.91. The Morgan fingerprint density at radius 1 is 1.35 bits per heavy atom. The van der Waals surface area contributed by atoms with Crippen molar-refractivity contribution in [3.05, 3.63) is 17.7 Å². The summed E-state index contributed by atoms with van der Waals surface area (Å²) in [6.07, 6.45) is 5.55. The third-order valence-corrected chi connectivity index (χ3v) is 6.94. The van der Waals surface area contributed by atoms with Crippen molar-refractivity contribution in [1.82, 2.24) is 13.9 Å². The second-order valence-corrected chi connectivity index (χ2v) is 8.81. The third-order valence-electron chi connectivity index (χ3n) is 4.61. The van der Waals surface area contributed by atoms with E-state index in [-0.39, 0.29) is 5.25 Å². The Balaban J connectivity index is 2.01. The number of nitrogens with zero attached hydrogens (tertiary/aromatic N) is 3. The van der Waals surface area contributed by atoms with E-state index in [4.69, 9.17) is 5.73 Å². The van der Waals surface area contributed by atoms with Crippen molar-refractivity contribution in [2.75, 3.05) is 14.1 Å². The number of sulfonamides is 1. The normalized spacial score (nSPS) is 22.4. The molecule has 2 N–H and O–H groups in total. The van der Waals surface area contributed by atoms with E-state index in [9.17, 15) is 13.2 Å². The van der Waals surface area contributed by atoms with E-state index in [1.165, 1.54) is 4.31 Å². The Bertz CT molecular complexity index is 658. The molecular weight excluding hydrogens is 316 g/mol. The average molecular weight is 342 g/mol. The zero-order valence-corrected chi connectivity index (χ0v) is 14.8. The fourth-order valence-corrected chi connectivity index (χ4v) is 4.67. The predicted octanol–water partition coefficient (Wildman–Crippen LogP) is 0.995. The van der Waals surface area contributed by atoms with Crippen molar-refractivity contribution in [3.63, 3.8) is 0 Å². The molecule has 1 aromatic heterocycles. The Hall–Kier alpha value is -1.41. The van der Waals surface area contributed by atoms with Gasteiger partial charge in [-0.15, -0.1) is 0 Å². The zero-order valence-electron chi connectivity index (χ0n) is 14.0. The van der Waals surface area contributed by atoms with Crippen molar-refractivity contribution in [3.8, 4) is 0 Å². The van der Waals surface area contributed by atoms with Gasteiger partial charge in [-0.2, -0.15) is 0 Å². The molecule has 1 aromatic rings. The number of nitrogens with two attached hydrogens (primary N) is 1. The fourth-order valence-electron chi connectivity index (χ4n) is 3.20. The minimum absolute atomic E-state index is 0.275. The van der Waals surface area contributed by atoms with Crippen molar-refractivity contribution in [2.24, 2.45) is 11.7 Å². The van der Waals surface area contributed by atoms with E-state index in [1.807, 2.05) is 11.5 Å². The van der Waals surface area contributed by atoms with Crippen molar-refractivity contribution in [1.29, 1.82) is 0 Å². The molecule has 1 aliphatic carbocycles. The van der Waals surface area contributed by atoms with Crippen LogP contribution in [0.2, 0.25) is 0 Å². The lowest BCUT2D eigenvalue weighted by molar-refractivity contribution is 0.0995. The summed E-state index contributed by atoms with van der Waals surface area (Å²) in [5, 5.41) is -0.275. The van der Waals surface area contributed by atoms with Crippen molar-refractivity contribution < 1.29 is 13.2 Å².